The van der Waals surface area contributed by atoms with Gasteiger partial charge < -0.3 is 11.1 Å². The van der Waals surface area contributed by atoms with Gasteiger partial charge in [0.15, 0.2) is 0 Å². The number of amides is 1. The van der Waals surface area contributed by atoms with Crippen LogP contribution in [0.1, 0.15) is 47.3 Å². The minimum absolute atomic E-state index is 0.00625. The number of nitrogens with two attached hydrogens (primary N) is 1. The molecule has 3 N–H and O–H groups in total. The number of aryl methyl sites for hydroxylation is 1. The van der Waals surface area contributed by atoms with Crippen LogP contribution in [0.5, 0.6) is 0 Å². The molecular weight excluding hydrogens is 268 g/mol. The van der Waals surface area contributed by atoms with Crippen molar-refractivity contribution in [3.63, 3.8) is 0 Å². The zero-order chi connectivity index (χ0) is 14.1. The summed E-state index contributed by atoms with van der Waals surface area (Å²) in [5, 5.41) is 4.15. The van der Waals surface area contributed by atoms with E-state index in [1.807, 2.05) is 13.0 Å². The summed E-state index contributed by atoms with van der Waals surface area (Å²) >= 11 is 1.49. The summed E-state index contributed by atoms with van der Waals surface area (Å²) < 4.78 is 1.09. The van der Waals surface area contributed by atoms with Crippen LogP contribution < -0.4 is 11.1 Å². The van der Waals surface area contributed by atoms with E-state index in [1.165, 1.54) is 36.2 Å². The third-order valence-electron chi connectivity index (χ3n) is 4.03. The lowest BCUT2D eigenvalue weighted by Gasteiger charge is -2.22. The number of hydrogen-bond donors (Lipinski definition) is 2. The van der Waals surface area contributed by atoms with Gasteiger partial charge in [-0.25, -0.2) is 0 Å². The van der Waals surface area contributed by atoms with Crippen molar-refractivity contribution in [1.29, 1.82) is 0 Å². The predicted molar refractivity (Wildman–Crippen MR) is 85.3 cm³/mol. The number of nitrogens with one attached hydrogen (secondary N) is 1. The molecule has 0 unspecified atom stereocenters. The second-order valence-corrected chi connectivity index (χ2v) is 6.71. The van der Waals surface area contributed by atoms with Gasteiger partial charge in [-0.2, -0.15) is 0 Å². The van der Waals surface area contributed by atoms with Crippen molar-refractivity contribution in [2.24, 2.45) is 0 Å². The molecule has 2 aromatic rings. The van der Waals surface area contributed by atoms with Crippen molar-refractivity contribution in [2.75, 3.05) is 5.73 Å². The molecule has 0 radical (unpaired) electrons. The molecule has 1 aliphatic rings. The Hall–Kier alpha value is -1.55. The third-order valence-corrected chi connectivity index (χ3v) is 5.21. The minimum atomic E-state index is -0.00625. The molecule has 1 heterocycles. The number of thiophene rings is 1. The maximum atomic E-state index is 12.4. The summed E-state index contributed by atoms with van der Waals surface area (Å²) in [5.41, 5.74) is 7.96. The second-order valence-electron chi connectivity index (χ2n) is 5.65. The topological polar surface area (TPSA) is 55.1 Å². The molecule has 1 aromatic carbocycles. The Morgan fingerprint density at radius 3 is 2.80 bits per heavy atom. The van der Waals surface area contributed by atoms with Crippen LogP contribution in [-0.4, -0.2) is 11.9 Å². The van der Waals surface area contributed by atoms with Gasteiger partial charge in [0.2, 0.25) is 0 Å². The summed E-state index contributed by atoms with van der Waals surface area (Å²) in [7, 11) is 0. The first-order chi connectivity index (χ1) is 9.65. The van der Waals surface area contributed by atoms with Gasteiger partial charge in [0.1, 0.15) is 4.88 Å². The monoisotopic (exact) mass is 288 g/mol. The fourth-order valence-corrected chi connectivity index (χ4v) is 3.90. The lowest BCUT2D eigenvalue weighted by atomic mass is 9.95. The van der Waals surface area contributed by atoms with Crippen LogP contribution in [0.4, 0.5) is 5.69 Å². The number of benzene rings is 1. The van der Waals surface area contributed by atoms with Crippen LogP contribution in [0, 0.1) is 6.92 Å². The summed E-state index contributed by atoms with van der Waals surface area (Å²) in [6.45, 7) is 2.04. The first-order valence-electron chi connectivity index (χ1n) is 7.24. The molecule has 1 amide bonds. The van der Waals surface area contributed by atoms with Gasteiger partial charge in [0.05, 0.1) is 5.69 Å². The quantitative estimate of drug-likeness (QED) is 0.881. The number of anilines is 1. The normalized spacial score (nSPS) is 16.4. The van der Waals surface area contributed by atoms with Gasteiger partial charge in [-0.3, -0.25) is 4.79 Å². The van der Waals surface area contributed by atoms with E-state index in [1.54, 1.807) is 0 Å². The molecule has 0 atom stereocenters. The molecule has 0 spiro atoms. The molecule has 1 fully saturated rings. The fraction of sp³-hybridized carbons (Fsp3) is 0.438. The Labute approximate surface area is 123 Å². The number of rotatable bonds is 2. The van der Waals surface area contributed by atoms with Crippen LogP contribution in [0.25, 0.3) is 10.1 Å². The predicted octanol–water partition coefficient (Wildman–Crippen LogP) is 3.85. The second kappa shape index (κ2) is 5.44. The average Bonchev–Trinajstić information content (AvgIpc) is 2.77. The van der Waals surface area contributed by atoms with Gasteiger partial charge in [-0.05, 0) is 31.9 Å². The maximum Gasteiger partial charge on any atom is 0.263 e. The highest BCUT2D eigenvalue weighted by Crippen LogP contribution is 2.34. The van der Waals surface area contributed by atoms with Crippen molar-refractivity contribution in [3.05, 3.63) is 28.6 Å². The Bertz CT molecular complexity index is 641. The summed E-state index contributed by atoms with van der Waals surface area (Å²) in [6, 6.07) is 6.48. The molecule has 1 aromatic heterocycles. The van der Waals surface area contributed by atoms with Crippen LogP contribution in [-0.2, 0) is 0 Å². The van der Waals surface area contributed by atoms with E-state index in [-0.39, 0.29) is 5.91 Å². The van der Waals surface area contributed by atoms with Gasteiger partial charge in [-0.1, -0.05) is 30.9 Å². The number of hydrogen-bond acceptors (Lipinski definition) is 3. The molecule has 1 saturated carbocycles. The van der Waals surface area contributed by atoms with E-state index in [0.29, 0.717) is 16.6 Å². The summed E-state index contributed by atoms with van der Waals surface area (Å²) in [5.74, 6) is -0.00625. The largest absolute Gasteiger partial charge is 0.397 e. The molecule has 3 nitrogen and oxygen atoms in total. The van der Waals surface area contributed by atoms with E-state index >= 15 is 0 Å². The van der Waals surface area contributed by atoms with Crippen molar-refractivity contribution in [3.8, 4) is 0 Å². The Kier molecular flexibility index (Phi) is 3.66. The summed E-state index contributed by atoms with van der Waals surface area (Å²) in [6.07, 6.45) is 5.90. The summed E-state index contributed by atoms with van der Waals surface area (Å²) in [4.78, 5) is 13.1. The van der Waals surface area contributed by atoms with Crippen molar-refractivity contribution in [2.45, 2.75) is 45.1 Å². The lowest BCUT2D eigenvalue weighted by molar-refractivity contribution is 0.0933. The number of nitrogen functional groups attached to an aromatic ring is 1. The number of fused-ring (bicyclic) bond motifs is 1. The standard InChI is InChI=1S/C16H20N2OS/c1-10-7-8-13-12(9-10)14(17)15(20-13)16(19)18-11-5-3-2-4-6-11/h7-9,11H,2-6,17H2,1H3,(H,18,19). The number of carbonyl (C=O) groups is 1. The third kappa shape index (κ3) is 2.52. The van der Waals surface area contributed by atoms with Crippen LogP contribution in [0.15, 0.2) is 18.2 Å². The average molecular weight is 288 g/mol. The SMILES string of the molecule is Cc1ccc2sc(C(=O)NC3CCCCC3)c(N)c2c1. The van der Waals surface area contributed by atoms with E-state index in [2.05, 4.69) is 17.4 Å². The Balaban J connectivity index is 1.85. The molecule has 4 heteroatoms. The van der Waals surface area contributed by atoms with Gasteiger partial charge in [0.25, 0.3) is 5.91 Å². The van der Waals surface area contributed by atoms with E-state index in [0.717, 1.165) is 22.9 Å². The first-order valence-corrected chi connectivity index (χ1v) is 8.06. The smallest absolute Gasteiger partial charge is 0.263 e. The van der Waals surface area contributed by atoms with E-state index in [9.17, 15) is 4.79 Å². The molecule has 1 aliphatic carbocycles. The van der Waals surface area contributed by atoms with E-state index in [4.69, 9.17) is 5.73 Å². The molecule has 0 aliphatic heterocycles. The van der Waals surface area contributed by atoms with Gasteiger partial charge in [-0.15, -0.1) is 11.3 Å². The van der Waals surface area contributed by atoms with Crippen LogP contribution >= 0.6 is 11.3 Å². The van der Waals surface area contributed by atoms with E-state index < -0.39 is 0 Å². The minimum Gasteiger partial charge on any atom is -0.397 e. The van der Waals surface area contributed by atoms with Gasteiger partial charge in [0, 0.05) is 16.1 Å². The molecule has 3 rings (SSSR count). The maximum absolute atomic E-state index is 12.4. The Morgan fingerprint density at radius 2 is 2.05 bits per heavy atom. The zero-order valence-electron chi connectivity index (χ0n) is 11.7. The van der Waals surface area contributed by atoms with Crippen LogP contribution in [0.2, 0.25) is 0 Å². The van der Waals surface area contributed by atoms with Crippen LogP contribution in [0.3, 0.4) is 0 Å². The number of carbonyl (C=O) groups excluding carboxylic acids is 1. The Morgan fingerprint density at radius 1 is 1.30 bits per heavy atom. The molecular formula is C16H20N2OS. The lowest BCUT2D eigenvalue weighted by Crippen LogP contribution is -2.36. The highest BCUT2D eigenvalue weighted by molar-refractivity contribution is 7.21. The van der Waals surface area contributed by atoms with Crippen molar-refractivity contribution in [1.82, 2.24) is 5.32 Å². The highest BCUT2D eigenvalue weighted by Gasteiger charge is 2.20. The zero-order valence-corrected chi connectivity index (χ0v) is 12.6. The molecule has 0 bridgehead atoms. The fourth-order valence-electron chi connectivity index (χ4n) is 2.90. The highest BCUT2D eigenvalue weighted by atomic mass is 32.1. The van der Waals surface area contributed by atoms with Gasteiger partial charge >= 0.3 is 0 Å². The van der Waals surface area contributed by atoms with Crippen molar-refractivity contribution >= 4 is 33.0 Å². The first kappa shape index (κ1) is 13.4. The van der Waals surface area contributed by atoms with Crippen molar-refractivity contribution < 1.29 is 4.79 Å². The molecule has 0 saturated heterocycles. The molecule has 106 valence electrons. The molecule has 20 heavy (non-hydrogen) atoms.